The summed E-state index contributed by atoms with van der Waals surface area (Å²) in [5, 5.41) is 0. The normalized spacial score (nSPS) is 23.5. The van der Waals surface area contributed by atoms with Gasteiger partial charge < -0.3 is 4.74 Å². The monoisotopic (exact) mass is 330 g/mol. The second-order valence-electron chi connectivity index (χ2n) is 6.97. The van der Waals surface area contributed by atoms with E-state index in [9.17, 15) is 14.4 Å². The smallest absolute Gasteiger partial charge is 0.149 e. The van der Waals surface area contributed by atoms with E-state index in [-0.39, 0.29) is 23.3 Å². The van der Waals surface area contributed by atoms with Gasteiger partial charge in [-0.05, 0) is 43.9 Å². The number of methoxy groups -OCH3 is 1. The molecule has 1 aliphatic carbocycles. The van der Waals surface area contributed by atoms with Gasteiger partial charge in [0.05, 0.1) is 12.5 Å². The maximum absolute atomic E-state index is 12.2. The fourth-order valence-corrected chi connectivity index (χ4v) is 3.37. The molecule has 0 heterocycles. The van der Waals surface area contributed by atoms with Crippen LogP contribution in [0.3, 0.4) is 0 Å². The van der Waals surface area contributed by atoms with Crippen LogP contribution in [0.5, 0.6) is 5.75 Å². The number of carbonyl (C=O) groups is 3. The second-order valence-corrected chi connectivity index (χ2v) is 6.97. The molecule has 0 N–H and O–H groups in total. The van der Waals surface area contributed by atoms with Crippen molar-refractivity contribution < 1.29 is 19.1 Å². The first-order valence-corrected chi connectivity index (χ1v) is 8.59. The van der Waals surface area contributed by atoms with Crippen LogP contribution in [0, 0.1) is 11.3 Å². The second kappa shape index (κ2) is 7.73. The first kappa shape index (κ1) is 18.4. The number of benzene rings is 1. The number of rotatable bonds is 8. The van der Waals surface area contributed by atoms with Crippen LogP contribution in [-0.2, 0) is 20.8 Å². The van der Waals surface area contributed by atoms with Gasteiger partial charge in [-0.1, -0.05) is 19.1 Å². The molecule has 1 aliphatic rings. The van der Waals surface area contributed by atoms with Crippen molar-refractivity contribution in [2.45, 2.75) is 52.4 Å². The maximum Gasteiger partial charge on any atom is 0.149 e. The molecule has 1 fully saturated rings. The number of ketones is 3. The van der Waals surface area contributed by atoms with E-state index in [1.165, 1.54) is 0 Å². The minimum absolute atomic E-state index is 0.00307. The first-order chi connectivity index (χ1) is 11.4. The van der Waals surface area contributed by atoms with Crippen LogP contribution in [0.2, 0.25) is 0 Å². The van der Waals surface area contributed by atoms with Gasteiger partial charge in [-0.15, -0.1) is 0 Å². The van der Waals surface area contributed by atoms with Crippen LogP contribution >= 0.6 is 0 Å². The first-order valence-electron chi connectivity index (χ1n) is 8.59. The van der Waals surface area contributed by atoms with Gasteiger partial charge in [0, 0.05) is 25.2 Å². The topological polar surface area (TPSA) is 60.4 Å². The van der Waals surface area contributed by atoms with Gasteiger partial charge >= 0.3 is 0 Å². The number of Topliss-reactive ketones (excluding diaryl/α,β-unsaturated/α-hetero) is 3. The van der Waals surface area contributed by atoms with Crippen molar-refractivity contribution in [2.75, 3.05) is 7.11 Å². The standard InChI is InChI=1S/C20H26O4/c1-14-12-18(22)20(2,19(14)23)11-10-16(21)8-4-6-15-7-5-9-17(13-15)24-3/h5,7,9,13-14H,4,6,8,10-12H2,1-3H3/t14-,20+/m1/s1. The highest BCUT2D eigenvalue weighted by Crippen LogP contribution is 2.38. The van der Waals surface area contributed by atoms with Gasteiger partial charge in [0.2, 0.25) is 0 Å². The minimum Gasteiger partial charge on any atom is -0.497 e. The molecule has 0 aromatic heterocycles. The lowest BCUT2D eigenvalue weighted by Gasteiger charge is -2.20. The fraction of sp³-hybridized carbons (Fsp3) is 0.550. The molecule has 0 aliphatic heterocycles. The predicted molar refractivity (Wildman–Crippen MR) is 92.1 cm³/mol. The van der Waals surface area contributed by atoms with E-state index in [2.05, 4.69) is 0 Å². The third kappa shape index (κ3) is 4.11. The Morgan fingerprint density at radius 2 is 2.04 bits per heavy atom. The van der Waals surface area contributed by atoms with Gasteiger partial charge in [-0.2, -0.15) is 0 Å². The summed E-state index contributed by atoms with van der Waals surface area (Å²) in [6.45, 7) is 3.49. The van der Waals surface area contributed by atoms with Crippen LogP contribution < -0.4 is 4.74 Å². The van der Waals surface area contributed by atoms with Gasteiger partial charge in [0.1, 0.15) is 23.1 Å². The summed E-state index contributed by atoms with van der Waals surface area (Å²) < 4.78 is 5.19. The van der Waals surface area contributed by atoms with Gasteiger partial charge in [0.15, 0.2) is 0 Å². The molecule has 2 atom stereocenters. The van der Waals surface area contributed by atoms with E-state index in [4.69, 9.17) is 4.74 Å². The van der Waals surface area contributed by atoms with Crippen molar-refractivity contribution in [1.29, 1.82) is 0 Å². The Morgan fingerprint density at radius 3 is 2.67 bits per heavy atom. The molecule has 4 heteroatoms. The quantitative estimate of drug-likeness (QED) is 0.684. The highest BCUT2D eigenvalue weighted by molar-refractivity contribution is 6.13. The number of hydrogen-bond acceptors (Lipinski definition) is 4. The summed E-state index contributed by atoms with van der Waals surface area (Å²) in [6.07, 6.45) is 3.03. The average molecular weight is 330 g/mol. The molecule has 1 aromatic carbocycles. The van der Waals surface area contributed by atoms with Crippen molar-refractivity contribution in [3.05, 3.63) is 29.8 Å². The fourth-order valence-electron chi connectivity index (χ4n) is 3.37. The Labute approximate surface area is 143 Å². The summed E-state index contributed by atoms with van der Waals surface area (Å²) in [5.41, 5.74) is 0.200. The molecule has 1 saturated carbocycles. The third-order valence-corrected chi connectivity index (χ3v) is 5.06. The van der Waals surface area contributed by atoms with E-state index >= 15 is 0 Å². The van der Waals surface area contributed by atoms with Crippen molar-refractivity contribution in [3.63, 3.8) is 0 Å². The average Bonchev–Trinajstić information content (AvgIpc) is 2.77. The summed E-state index contributed by atoms with van der Waals surface area (Å²) >= 11 is 0. The SMILES string of the molecule is COc1cccc(CCCC(=O)CC[C@@]2(C)C(=O)C[C@@H](C)C2=O)c1. The molecule has 130 valence electrons. The highest BCUT2D eigenvalue weighted by Gasteiger charge is 2.48. The zero-order valence-electron chi connectivity index (χ0n) is 14.8. The number of carbonyl (C=O) groups excluding carboxylic acids is 3. The van der Waals surface area contributed by atoms with Crippen molar-refractivity contribution in [2.24, 2.45) is 11.3 Å². The Hall–Kier alpha value is -1.97. The predicted octanol–water partition coefficient (Wildman–Crippen LogP) is 3.55. The summed E-state index contributed by atoms with van der Waals surface area (Å²) in [7, 11) is 1.63. The van der Waals surface area contributed by atoms with E-state index < -0.39 is 5.41 Å². The largest absolute Gasteiger partial charge is 0.497 e. The van der Waals surface area contributed by atoms with Gasteiger partial charge in [0.25, 0.3) is 0 Å². The lowest BCUT2D eigenvalue weighted by atomic mass is 9.80. The molecule has 0 radical (unpaired) electrons. The Morgan fingerprint density at radius 1 is 1.29 bits per heavy atom. The summed E-state index contributed by atoms with van der Waals surface area (Å²) in [5.74, 6) is 0.727. The molecule has 24 heavy (non-hydrogen) atoms. The Kier molecular flexibility index (Phi) is 5.92. The van der Waals surface area contributed by atoms with Crippen LogP contribution in [0.1, 0.15) is 51.5 Å². The van der Waals surface area contributed by atoms with Gasteiger partial charge in [-0.25, -0.2) is 0 Å². The van der Waals surface area contributed by atoms with Crippen LogP contribution in [-0.4, -0.2) is 24.5 Å². The van der Waals surface area contributed by atoms with Crippen LogP contribution in [0.4, 0.5) is 0 Å². The van der Waals surface area contributed by atoms with Crippen LogP contribution in [0.25, 0.3) is 0 Å². The summed E-state index contributed by atoms with van der Waals surface area (Å²) in [6, 6.07) is 7.83. The van der Waals surface area contributed by atoms with E-state index in [1.807, 2.05) is 24.3 Å². The summed E-state index contributed by atoms with van der Waals surface area (Å²) in [4.78, 5) is 36.3. The molecule has 0 spiro atoms. The zero-order chi connectivity index (χ0) is 17.7. The zero-order valence-corrected chi connectivity index (χ0v) is 14.8. The van der Waals surface area contributed by atoms with Crippen molar-refractivity contribution in [3.8, 4) is 5.75 Å². The molecule has 0 saturated heterocycles. The minimum atomic E-state index is -0.943. The molecule has 1 aromatic rings. The van der Waals surface area contributed by atoms with E-state index in [0.717, 1.165) is 24.2 Å². The third-order valence-electron chi connectivity index (χ3n) is 5.06. The maximum atomic E-state index is 12.2. The number of hydrogen-bond donors (Lipinski definition) is 0. The van der Waals surface area contributed by atoms with E-state index in [0.29, 0.717) is 25.7 Å². The lowest BCUT2D eigenvalue weighted by Crippen LogP contribution is -2.31. The molecule has 0 unspecified atom stereocenters. The molecule has 0 amide bonds. The molecular weight excluding hydrogens is 304 g/mol. The molecule has 4 nitrogen and oxygen atoms in total. The number of ether oxygens (including phenoxy) is 1. The van der Waals surface area contributed by atoms with Crippen molar-refractivity contribution in [1.82, 2.24) is 0 Å². The van der Waals surface area contributed by atoms with Crippen LogP contribution in [0.15, 0.2) is 24.3 Å². The Balaban J connectivity index is 1.77. The van der Waals surface area contributed by atoms with Gasteiger partial charge in [-0.3, -0.25) is 14.4 Å². The van der Waals surface area contributed by atoms with E-state index in [1.54, 1.807) is 21.0 Å². The van der Waals surface area contributed by atoms with Crippen molar-refractivity contribution >= 4 is 17.3 Å². The molecular formula is C20H26O4. The molecule has 2 rings (SSSR count). The number of aryl methyl sites for hydroxylation is 1. The Bertz CT molecular complexity index is 634. The molecule has 0 bridgehead atoms. The lowest BCUT2D eigenvalue weighted by molar-refractivity contribution is -0.135. The highest BCUT2D eigenvalue weighted by atomic mass is 16.5.